The van der Waals surface area contributed by atoms with E-state index in [1.807, 2.05) is 6.07 Å². The molecule has 1 saturated heterocycles. The van der Waals surface area contributed by atoms with Crippen molar-refractivity contribution in [3.8, 4) is 17.0 Å². The molecule has 3 aromatic rings. The van der Waals surface area contributed by atoms with Crippen LogP contribution in [0.5, 0.6) is 5.75 Å². The van der Waals surface area contributed by atoms with E-state index in [-0.39, 0.29) is 0 Å². The lowest BCUT2D eigenvalue weighted by atomic mass is 10.1. The molecular weight excluding hydrogens is 370 g/mol. The zero-order valence-corrected chi connectivity index (χ0v) is 15.4. The number of anilines is 3. The van der Waals surface area contributed by atoms with Gasteiger partial charge >= 0.3 is 0 Å². The van der Waals surface area contributed by atoms with E-state index >= 15 is 0 Å². The molecule has 8 nitrogen and oxygen atoms in total. The maximum Gasteiger partial charge on any atom is 0.230 e. The third kappa shape index (κ3) is 3.96. The Hall–Kier alpha value is -2.84. The molecule has 0 bridgehead atoms. The lowest BCUT2D eigenvalue weighted by Crippen LogP contribution is -2.37. The summed E-state index contributed by atoms with van der Waals surface area (Å²) in [5, 5.41) is 7.71. The minimum Gasteiger partial charge on any atom is -0.495 e. The molecule has 0 spiro atoms. The summed E-state index contributed by atoms with van der Waals surface area (Å²) in [7, 11) is 1.58. The van der Waals surface area contributed by atoms with Gasteiger partial charge in [0, 0.05) is 30.9 Å². The first-order valence-electron chi connectivity index (χ1n) is 8.46. The Morgan fingerprint density at radius 3 is 2.81 bits per heavy atom. The van der Waals surface area contributed by atoms with E-state index in [0.717, 1.165) is 18.7 Å². The highest BCUT2D eigenvalue weighted by molar-refractivity contribution is 6.32. The van der Waals surface area contributed by atoms with Gasteiger partial charge in [-0.25, -0.2) is 4.98 Å². The van der Waals surface area contributed by atoms with Crippen molar-refractivity contribution < 1.29 is 14.0 Å². The van der Waals surface area contributed by atoms with Gasteiger partial charge in [0.15, 0.2) is 0 Å². The highest BCUT2D eigenvalue weighted by Gasteiger charge is 2.15. The number of hydrogen-bond acceptors (Lipinski definition) is 8. The topological polar surface area (TPSA) is 85.5 Å². The number of ether oxygens (including phenoxy) is 2. The number of hydrogen-bond donors (Lipinski definition) is 1. The summed E-state index contributed by atoms with van der Waals surface area (Å²) in [6.45, 7) is 2.90. The zero-order valence-electron chi connectivity index (χ0n) is 14.7. The van der Waals surface area contributed by atoms with Crippen LogP contribution in [-0.4, -0.2) is 48.5 Å². The lowest BCUT2D eigenvalue weighted by molar-refractivity contribution is 0.122. The lowest BCUT2D eigenvalue weighted by Gasteiger charge is -2.26. The second-order valence-corrected chi connectivity index (χ2v) is 6.30. The van der Waals surface area contributed by atoms with Crippen molar-refractivity contribution in [1.29, 1.82) is 0 Å². The van der Waals surface area contributed by atoms with Gasteiger partial charge in [0.25, 0.3) is 0 Å². The number of nitrogens with zero attached hydrogens (tertiary/aromatic N) is 4. The first-order valence-corrected chi connectivity index (χ1v) is 8.84. The van der Waals surface area contributed by atoms with Crippen molar-refractivity contribution in [2.75, 3.05) is 43.6 Å². The van der Waals surface area contributed by atoms with Crippen LogP contribution in [-0.2, 0) is 4.74 Å². The van der Waals surface area contributed by atoms with Crippen molar-refractivity contribution in [1.82, 2.24) is 15.1 Å². The third-order valence-electron chi connectivity index (χ3n) is 4.15. The van der Waals surface area contributed by atoms with Crippen molar-refractivity contribution in [3.63, 3.8) is 0 Å². The van der Waals surface area contributed by atoms with Gasteiger partial charge in [-0.3, -0.25) is 0 Å². The fourth-order valence-corrected chi connectivity index (χ4v) is 3.01. The molecule has 0 amide bonds. The van der Waals surface area contributed by atoms with Crippen LogP contribution in [0.2, 0.25) is 5.02 Å². The smallest absolute Gasteiger partial charge is 0.230 e. The van der Waals surface area contributed by atoms with E-state index in [4.69, 9.17) is 25.6 Å². The minimum absolute atomic E-state index is 0.476. The minimum atomic E-state index is 0.476. The maximum atomic E-state index is 6.18. The normalized spacial score (nSPS) is 14.2. The molecule has 3 heterocycles. The average Bonchev–Trinajstić information content (AvgIpc) is 3.17. The second-order valence-electron chi connectivity index (χ2n) is 5.89. The van der Waals surface area contributed by atoms with Crippen LogP contribution in [0.4, 0.5) is 17.7 Å². The largest absolute Gasteiger partial charge is 0.495 e. The molecular formula is C18H18ClN5O3. The monoisotopic (exact) mass is 387 g/mol. The number of rotatable bonds is 5. The maximum absolute atomic E-state index is 6.18. The fourth-order valence-electron chi connectivity index (χ4n) is 2.76. The highest BCUT2D eigenvalue weighted by Crippen LogP contribution is 2.31. The van der Waals surface area contributed by atoms with Crippen LogP contribution in [0.3, 0.4) is 0 Å². The van der Waals surface area contributed by atoms with Gasteiger partial charge in [0.2, 0.25) is 11.8 Å². The van der Waals surface area contributed by atoms with Crippen LogP contribution in [0.25, 0.3) is 11.3 Å². The Bertz CT molecular complexity index is 927. The van der Waals surface area contributed by atoms with E-state index in [0.29, 0.717) is 47.3 Å². The molecule has 27 heavy (non-hydrogen) atoms. The number of nitrogens with one attached hydrogen (secondary N) is 1. The Labute approximate surface area is 161 Å². The molecule has 1 aliphatic rings. The van der Waals surface area contributed by atoms with Crippen molar-refractivity contribution in [2.45, 2.75) is 0 Å². The molecule has 1 fully saturated rings. The van der Waals surface area contributed by atoms with Gasteiger partial charge in [-0.1, -0.05) is 16.8 Å². The molecule has 1 N–H and O–H groups in total. The summed E-state index contributed by atoms with van der Waals surface area (Å²) in [6.07, 6.45) is 1.71. The molecule has 2 aromatic heterocycles. The van der Waals surface area contributed by atoms with Crippen LogP contribution in [0.15, 0.2) is 41.1 Å². The molecule has 0 atom stereocenters. The molecule has 0 unspecified atom stereocenters. The van der Waals surface area contributed by atoms with Gasteiger partial charge in [-0.2, -0.15) is 4.98 Å². The number of benzene rings is 1. The molecule has 0 saturated carbocycles. The van der Waals surface area contributed by atoms with Gasteiger partial charge in [-0.05, 0) is 24.3 Å². The van der Waals surface area contributed by atoms with Crippen LogP contribution in [0, 0.1) is 0 Å². The highest BCUT2D eigenvalue weighted by atomic mass is 35.5. The Balaban J connectivity index is 1.50. The Morgan fingerprint density at radius 2 is 2.04 bits per heavy atom. The summed E-state index contributed by atoms with van der Waals surface area (Å²) in [4.78, 5) is 10.9. The van der Waals surface area contributed by atoms with Gasteiger partial charge in [-0.15, -0.1) is 0 Å². The van der Waals surface area contributed by atoms with Crippen molar-refractivity contribution >= 4 is 29.3 Å². The fraction of sp³-hybridized carbons (Fsp3) is 0.278. The van der Waals surface area contributed by atoms with E-state index in [1.165, 1.54) is 0 Å². The van der Waals surface area contributed by atoms with Gasteiger partial charge < -0.3 is 24.2 Å². The predicted molar refractivity (Wildman–Crippen MR) is 102 cm³/mol. The second kappa shape index (κ2) is 7.81. The van der Waals surface area contributed by atoms with Crippen molar-refractivity contribution in [3.05, 3.63) is 41.6 Å². The summed E-state index contributed by atoms with van der Waals surface area (Å²) < 4.78 is 15.9. The molecule has 0 radical (unpaired) electrons. The van der Waals surface area contributed by atoms with E-state index in [2.05, 4.69) is 25.3 Å². The summed E-state index contributed by atoms with van der Waals surface area (Å²) in [6, 6.07) is 9.00. The molecule has 4 rings (SSSR count). The molecule has 0 aliphatic carbocycles. The standard InChI is InChI=1S/C18H18ClN5O3/c1-25-15-3-2-12(10-13(15)19)14-11-17(27-23-14)21-16-4-5-20-18(22-16)24-6-8-26-9-7-24/h2-5,10-11H,6-9H2,1H3,(H,20,21,22). The molecule has 1 aliphatic heterocycles. The summed E-state index contributed by atoms with van der Waals surface area (Å²) >= 11 is 6.18. The zero-order chi connectivity index (χ0) is 18.6. The van der Waals surface area contributed by atoms with Crippen LogP contribution >= 0.6 is 11.6 Å². The van der Waals surface area contributed by atoms with Gasteiger partial charge in [0.1, 0.15) is 17.3 Å². The van der Waals surface area contributed by atoms with E-state index < -0.39 is 0 Å². The first-order chi connectivity index (χ1) is 13.2. The van der Waals surface area contributed by atoms with Crippen LogP contribution in [0.1, 0.15) is 0 Å². The summed E-state index contributed by atoms with van der Waals surface area (Å²) in [5.41, 5.74) is 1.49. The van der Waals surface area contributed by atoms with Gasteiger partial charge in [0.05, 0.1) is 25.3 Å². The Morgan fingerprint density at radius 1 is 1.19 bits per heavy atom. The average molecular weight is 388 g/mol. The number of methoxy groups -OCH3 is 1. The molecule has 9 heteroatoms. The van der Waals surface area contributed by atoms with E-state index in [1.54, 1.807) is 37.6 Å². The first kappa shape index (κ1) is 17.6. The van der Waals surface area contributed by atoms with Crippen LogP contribution < -0.4 is 15.0 Å². The van der Waals surface area contributed by atoms with Crippen molar-refractivity contribution in [2.24, 2.45) is 0 Å². The molecule has 140 valence electrons. The number of morpholine rings is 1. The predicted octanol–water partition coefficient (Wildman–Crippen LogP) is 3.37. The Kier molecular flexibility index (Phi) is 5.08. The SMILES string of the molecule is COc1ccc(-c2cc(Nc3ccnc(N4CCOCC4)n3)on2)cc1Cl. The van der Waals surface area contributed by atoms with E-state index in [9.17, 15) is 0 Å². The quantitative estimate of drug-likeness (QED) is 0.713. The number of halogens is 1. The molecule has 1 aromatic carbocycles. The number of aromatic nitrogens is 3. The third-order valence-corrected chi connectivity index (χ3v) is 4.44. The summed E-state index contributed by atoms with van der Waals surface area (Å²) in [5.74, 6) is 2.37.